The van der Waals surface area contributed by atoms with Crippen LogP contribution < -0.4 is 10.1 Å². The van der Waals surface area contributed by atoms with E-state index in [1.807, 2.05) is 0 Å². The van der Waals surface area contributed by atoms with Crippen LogP contribution in [0.25, 0.3) is 0 Å². The number of hydrogen-bond acceptors (Lipinski definition) is 3. The number of carbonyl (C=O) groups excluding carboxylic acids is 1. The molecule has 1 amide bonds. The van der Waals surface area contributed by atoms with Crippen molar-refractivity contribution >= 4 is 21.8 Å². The average Bonchev–Trinajstić information content (AvgIpc) is 2.61. The van der Waals surface area contributed by atoms with Gasteiger partial charge >= 0.3 is 0 Å². The zero-order valence-corrected chi connectivity index (χ0v) is 15.0. The molecule has 0 saturated heterocycles. The lowest BCUT2D eigenvalue weighted by atomic mass is 10.2. The van der Waals surface area contributed by atoms with Gasteiger partial charge in [0.1, 0.15) is 17.4 Å². The van der Waals surface area contributed by atoms with Gasteiger partial charge < -0.3 is 10.1 Å². The molecule has 2 aromatic carbocycles. The van der Waals surface area contributed by atoms with E-state index in [2.05, 4.69) is 26.2 Å². The predicted octanol–water partition coefficient (Wildman–Crippen LogP) is 4.84. The zero-order valence-electron chi connectivity index (χ0n) is 13.4. The Kier molecular flexibility index (Phi) is 5.58. The normalized spacial score (nSPS) is 10.4. The maximum Gasteiger partial charge on any atom is 0.252 e. The fourth-order valence-electron chi connectivity index (χ4n) is 2.24. The number of ether oxygens (including phenoxy) is 1. The first-order chi connectivity index (χ1) is 12.5. The third kappa shape index (κ3) is 4.43. The van der Waals surface area contributed by atoms with Crippen molar-refractivity contribution < 1.29 is 18.3 Å². The maximum absolute atomic E-state index is 13.3. The molecule has 0 spiro atoms. The van der Waals surface area contributed by atoms with Gasteiger partial charge in [-0.3, -0.25) is 4.79 Å². The van der Waals surface area contributed by atoms with Gasteiger partial charge in [0.05, 0.1) is 5.56 Å². The molecule has 7 heteroatoms. The van der Waals surface area contributed by atoms with E-state index in [0.717, 1.165) is 0 Å². The van der Waals surface area contributed by atoms with Gasteiger partial charge in [0, 0.05) is 28.8 Å². The van der Waals surface area contributed by atoms with Gasteiger partial charge in [0.15, 0.2) is 0 Å². The Morgan fingerprint density at radius 2 is 1.88 bits per heavy atom. The number of benzene rings is 2. The summed E-state index contributed by atoms with van der Waals surface area (Å²) in [5.41, 5.74) is 0.922. The molecule has 3 aromatic rings. The van der Waals surface area contributed by atoms with E-state index in [1.165, 1.54) is 42.6 Å². The summed E-state index contributed by atoms with van der Waals surface area (Å²) >= 11 is 3.17. The minimum absolute atomic E-state index is 0.140. The molecule has 0 radical (unpaired) electrons. The Morgan fingerprint density at radius 1 is 1.08 bits per heavy atom. The molecule has 1 aromatic heterocycles. The Morgan fingerprint density at radius 3 is 2.65 bits per heavy atom. The molecule has 0 atom stereocenters. The monoisotopic (exact) mass is 418 g/mol. The third-order valence-corrected chi connectivity index (χ3v) is 4.13. The second-order valence-corrected chi connectivity index (χ2v) is 6.19. The summed E-state index contributed by atoms with van der Waals surface area (Å²) in [6, 6.07) is 13.0. The summed E-state index contributed by atoms with van der Waals surface area (Å²) in [6.07, 6.45) is 1.54. The molecular weight excluding hydrogens is 406 g/mol. The van der Waals surface area contributed by atoms with Crippen LogP contribution in [0.3, 0.4) is 0 Å². The van der Waals surface area contributed by atoms with Crippen molar-refractivity contribution in [3.8, 4) is 11.6 Å². The van der Waals surface area contributed by atoms with E-state index in [0.29, 0.717) is 21.3 Å². The molecule has 0 aliphatic rings. The second-order valence-electron chi connectivity index (χ2n) is 5.33. The SMILES string of the molecule is O=C(NCc1cccnc1Oc1cccc(F)c1)c1ccc(F)cc1Br. The van der Waals surface area contributed by atoms with Crippen molar-refractivity contribution in [2.24, 2.45) is 0 Å². The molecule has 132 valence electrons. The molecule has 0 bridgehead atoms. The summed E-state index contributed by atoms with van der Waals surface area (Å²) in [5.74, 6) is -0.674. The molecule has 1 heterocycles. The average molecular weight is 419 g/mol. The summed E-state index contributed by atoms with van der Waals surface area (Å²) in [5, 5.41) is 2.73. The zero-order chi connectivity index (χ0) is 18.5. The molecule has 0 unspecified atom stereocenters. The number of nitrogens with zero attached hydrogens (tertiary/aromatic N) is 1. The van der Waals surface area contributed by atoms with Crippen LogP contribution in [0, 0.1) is 11.6 Å². The van der Waals surface area contributed by atoms with Crippen molar-refractivity contribution in [1.29, 1.82) is 0 Å². The van der Waals surface area contributed by atoms with Crippen molar-refractivity contribution in [2.75, 3.05) is 0 Å². The fourth-order valence-corrected chi connectivity index (χ4v) is 2.77. The Balaban J connectivity index is 1.73. The molecule has 0 fully saturated rings. The van der Waals surface area contributed by atoms with E-state index in [-0.39, 0.29) is 18.3 Å². The van der Waals surface area contributed by atoms with Gasteiger partial charge in [0.2, 0.25) is 5.88 Å². The molecule has 4 nitrogen and oxygen atoms in total. The highest BCUT2D eigenvalue weighted by atomic mass is 79.9. The van der Waals surface area contributed by atoms with Gasteiger partial charge in [-0.05, 0) is 52.3 Å². The van der Waals surface area contributed by atoms with Crippen LogP contribution in [0.2, 0.25) is 0 Å². The lowest BCUT2D eigenvalue weighted by molar-refractivity contribution is 0.0950. The summed E-state index contributed by atoms with van der Waals surface area (Å²) in [6.45, 7) is 0.140. The van der Waals surface area contributed by atoms with Crippen LogP contribution in [0.1, 0.15) is 15.9 Å². The minimum Gasteiger partial charge on any atom is -0.439 e. The lowest BCUT2D eigenvalue weighted by Gasteiger charge is -2.11. The second kappa shape index (κ2) is 8.05. The number of pyridine rings is 1. The topological polar surface area (TPSA) is 51.2 Å². The molecule has 0 aliphatic heterocycles. The van der Waals surface area contributed by atoms with Crippen LogP contribution in [0.4, 0.5) is 8.78 Å². The Bertz CT molecular complexity index is 950. The first kappa shape index (κ1) is 18.0. The molecule has 0 saturated carbocycles. The highest BCUT2D eigenvalue weighted by molar-refractivity contribution is 9.10. The van der Waals surface area contributed by atoms with E-state index in [4.69, 9.17) is 4.74 Å². The number of halogens is 3. The van der Waals surface area contributed by atoms with Gasteiger partial charge in [-0.15, -0.1) is 0 Å². The van der Waals surface area contributed by atoms with E-state index in [9.17, 15) is 13.6 Å². The van der Waals surface area contributed by atoms with E-state index < -0.39 is 11.6 Å². The van der Waals surface area contributed by atoms with Crippen LogP contribution in [0.15, 0.2) is 65.3 Å². The van der Waals surface area contributed by atoms with Crippen LogP contribution >= 0.6 is 15.9 Å². The van der Waals surface area contributed by atoms with Gasteiger partial charge in [-0.1, -0.05) is 12.1 Å². The number of aromatic nitrogens is 1. The summed E-state index contributed by atoms with van der Waals surface area (Å²) < 4.78 is 32.4. The van der Waals surface area contributed by atoms with Crippen molar-refractivity contribution in [1.82, 2.24) is 10.3 Å². The largest absolute Gasteiger partial charge is 0.439 e. The number of hydrogen-bond donors (Lipinski definition) is 1. The Labute approximate surface area is 157 Å². The van der Waals surface area contributed by atoms with Crippen molar-refractivity contribution in [2.45, 2.75) is 6.54 Å². The first-order valence-corrected chi connectivity index (χ1v) is 8.43. The fraction of sp³-hybridized carbons (Fsp3) is 0.0526. The van der Waals surface area contributed by atoms with Crippen LogP contribution in [0.5, 0.6) is 11.6 Å². The standard InChI is InChI=1S/C19H13BrF2N2O2/c20-17-10-14(22)6-7-16(17)18(25)24-11-12-3-2-8-23-19(12)26-15-5-1-4-13(21)9-15/h1-10H,11H2,(H,24,25). The highest BCUT2D eigenvalue weighted by Gasteiger charge is 2.13. The smallest absolute Gasteiger partial charge is 0.252 e. The number of amides is 1. The summed E-state index contributed by atoms with van der Waals surface area (Å²) in [4.78, 5) is 16.4. The lowest BCUT2D eigenvalue weighted by Crippen LogP contribution is -2.23. The van der Waals surface area contributed by atoms with Crippen LogP contribution in [-0.2, 0) is 6.54 Å². The quantitative estimate of drug-likeness (QED) is 0.644. The molecule has 0 aliphatic carbocycles. The molecule has 26 heavy (non-hydrogen) atoms. The molecular formula is C19H13BrF2N2O2. The minimum atomic E-state index is -0.438. The predicted molar refractivity (Wildman–Crippen MR) is 96.0 cm³/mol. The summed E-state index contributed by atoms with van der Waals surface area (Å²) in [7, 11) is 0. The van der Waals surface area contributed by atoms with Gasteiger partial charge in [0.25, 0.3) is 5.91 Å². The number of rotatable bonds is 5. The number of carbonyl (C=O) groups is 1. The van der Waals surface area contributed by atoms with E-state index in [1.54, 1.807) is 18.2 Å². The maximum atomic E-state index is 13.3. The number of nitrogens with one attached hydrogen (secondary N) is 1. The van der Waals surface area contributed by atoms with Crippen LogP contribution in [-0.4, -0.2) is 10.9 Å². The highest BCUT2D eigenvalue weighted by Crippen LogP contribution is 2.24. The molecule has 3 rings (SSSR count). The first-order valence-electron chi connectivity index (χ1n) is 7.63. The molecule has 1 N–H and O–H groups in total. The van der Waals surface area contributed by atoms with Gasteiger partial charge in [-0.25, -0.2) is 13.8 Å². The van der Waals surface area contributed by atoms with Crippen molar-refractivity contribution in [3.05, 3.63) is 88.0 Å². The van der Waals surface area contributed by atoms with E-state index >= 15 is 0 Å². The Hall–Kier alpha value is -2.80. The van der Waals surface area contributed by atoms with Crippen molar-refractivity contribution in [3.63, 3.8) is 0 Å². The van der Waals surface area contributed by atoms with Gasteiger partial charge in [-0.2, -0.15) is 0 Å². The third-order valence-electron chi connectivity index (χ3n) is 3.48.